The molecule has 6 rings (SSSR count). The maximum atomic E-state index is 13.2. The Morgan fingerprint density at radius 1 is 0.500 bits per heavy atom. The number of pyridine rings is 1. The number of ether oxygens (including phenoxy) is 3. The van der Waals surface area contributed by atoms with E-state index in [1.165, 1.54) is 51.9 Å². The number of hydrogen-bond donors (Lipinski definition) is 4. The minimum absolute atomic E-state index is 0.137. The van der Waals surface area contributed by atoms with Gasteiger partial charge >= 0.3 is 17.9 Å². The maximum absolute atomic E-state index is 13.2. The van der Waals surface area contributed by atoms with Crippen molar-refractivity contribution in [3.63, 3.8) is 0 Å². The van der Waals surface area contributed by atoms with Gasteiger partial charge < -0.3 is 45.3 Å². The van der Waals surface area contributed by atoms with Crippen LogP contribution in [0.25, 0.3) is 0 Å². The van der Waals surface area contributed by atoms with Crippen LogP contribution >= 0.6 is 0 Å². The van der Waals surface area contributed by atoms with Gasteiger partial charge in [-0.15, -0.1) is 0 Å². The molecule has 0 saturated carbocycles. The van der Waals surface area contributed by atoms with Crippen LogP contribution in [0.3, 0.4) is 0 Å². The van der Waals surface area contributed by atoms with Crippen molar-refractivity contribution in [2.45, 2.75) is 115 Å². The molecular formula is C55H63F6N7O12. The van der Waals surface area contributed by atoms with Gasteiger partial charge in [0.15, 0.2) is 0 Å². The van der Waals surface area contributed by atoms with Gasteiger partial charge in [-0.2, -0.15) is 0 Å². The topological polar surface area (TPSA) is 249 Å². The van der Waals surface area contributed by atoms with Crippen molar-refractivity contribution in [1.82, 2.24) is 36.1 Å². The molecule has 4 N–H and O–H groups in total. The highest BCUT2D eigenvalue weighted by Gasteiger charge is 2.38. The zero-order chi connectivity index (χ0) is 59.2. The van der Waals surface area contributed by atoms with Crippen molar-refractivity contribution >= 4 is 53.4 Å². The third-order valence-electron chi connectivity index (χ3n) is 12.4. The number of rotatable bonds is 18. The van der Waals surface area contributed by atoms with Gasteiger partial charge in [0.05, 0.1) is 40.6 Å². The van der Waals surface area contributed by atoms with Crippen LogP contribution in [0.4, 0.5) is 26.3 Å². The van der Waals surface area contributed by atoms with Crippen molar-refractivity contribution in [3.8, 4) is 0 Å². The second-order valence-corrected chi connectivity index (χ2v) is 18.7. The molecule has 1 aromatic heterocycles. The molecule has 0 aliphatic carbocycles. The summed E-state index contributed by atoms with van der Waals surface area (Å²) in [5.74, 6) is -9.35. The number of likely N-dealkylation sites (tertiary alicyclic amines) is 2. The summed E-state index contributed by atoms with van der Waals surface area (Å²) in [6.07, 6.45) is 5.77. The molecule has 0 radical (unpaired) electrons. The number of benzene rings is 3. The monoisotopic (exact) mass is 1130 g/mol. The van der Waals surface area contributed by atoms with E-state index in [1.54, 1.807) is 24.5 Å². The van der Waals surface area contributed by atoms with E-state index in [4.69, 9.17) is 9.47 Å². The molecule has 4 aromatic rings. The number of aromatic nitrogens is 1. The molecule has 3 aromatic carbocycles. The number of esters is 3. The summed E-state index contributed by atoms with van der Waals surface area (Å²) in [5, 5.41) is 9.98. The Balaban J connectivity index is 0.000000259. The highest BCUT2D eigenvalue weighted by atomic mass is 19.2. The van der Waals surface area contributed by atoms with Crippen molar-refractivity contribution in [1.29, 1.82) is 0 Å². The van der Waals surface area contributed by atoms with Crippen LogP contribution < -0.4 is 21.3 Å². The molecule has 0 spiro atoms. The van der Waals surface area contributed by atoms with E-state index >= 15 is 0 Å². The van der Waals surface area contributed by atoms with E-state index in [2.05, 4.69) is 31.0 Å². The number of amides is 6. The Hall–Kier alpha value is -8.38. The van der Waals surface area contributed by atoms with Gasteiger partial charge in [-0.25, -0.2) is 40.7 Å². The average molecular weight is 1130 g/mol. The van der Waals surface area contributed by atoms with Crippen molar-refractivity contribution < 1.29 is 83.7 Å². The zero-order valence-electron chi connectivity index (χ0n) is 44.8. The van der Waals surface area contributed by atoms with Crippen molar-refractivity contribution in [2.24, 2.45) is 0 Å². The van der Waals surface area contributed by atoms with E-state index in [0.29, 0.717) is 44.5 Å². The lowest BCUT2D eigenvalue weighted by atomic mass is 10.0. The van der Waals surface area contributed by atoms with Crippen LogP contribution in [0.5, 0.6) is 0 Å². The van der Waals surface area contributed by atoms with Crippen molar-refractivity contribution in [2.75, 3.05) is 34.4 Å². The van der Waals surface area contributed by atoms with Gasteiger partial charge in [0, 0.05) is 50.1 Å². The van der Waals surface area contributed by atoms with Gasteiger partial charge in [-0.1, -0.05) is 0 Å². The third kappa shape index (κ3) is 20.4. The predicted molar refractivity (Wildman–Crippen MR) is 273 cm³/mol. The number of carbonyl (C=O) groups excluding carboxylic acids is 9. The Morgan fingerprint density at radius 2 is 0.863 bits per heavy atom. The summed E-state index contributed by atoms with van der Waals surface area (Å²) >= 11 is 0. The third-order valence-corrected chi connectivity index (χ3v) is 12.4. The molecule has 6 amide bonds. The zero-order valence-corrected chi connectivity index (χ0v) is 44.8. The molecule has 3 heterocycles. The number of nitrogens with one attached hydrogen (secondary N) is 4. The fraction of sp³-hybridized carbons (Fsp3) is 0.418. The van der Waals surface area contributed by atoms with Crippen molar-refractivity contribution in [3.05, 3.63) is 136 Å². The number of halogens is 6. The summed E-state index contributed by atoms with van der Waals surface area (Å²) in [4.78, 5) is 116. The van der Waals surface area contributed by atoms with Crippen LogP contribution in [0.15, 0.2) is 79.1 Å². The first kappa shape index (κ1) is 64.1. The summed E-state index contributed by atoms with van der Waals surface area (Å²) in [6.45, 7) is 5.26. The second-order valence-electron chi connectivity index (χ2n) is 18.7. The molecule has 6 atom stereocenters. The summed E-state index contributed by atoms with van der Waals surface area (Å²) in [6, 6.07) is 6.89. The van der Waals surface area contributed by atoms with E-state index in [9.17, 15) is 69.5 Å². The van der Waals surface area contributed by atoms with E-state index in [1.807, 2.05) is 0 Å². The maximum Gasteiger partial charge on any atom is 0.328 e. The summed E-state index contributed by atoms with van der Waals surface area (Å²) in [7, 11) is 3.73. The number of methoxy groups -OCH3 is 3. The summed E-state index contributed by atoms with van der Waals surface area (Å²) in [5.41, 5.74) is 1.24. The normalized spacial score (nSPS) is 16.1. The standard InChI is InChI=1S/C20H21F2N3O4.C18H22F2N2O4.C17H20F2N2O4/c1-12(24-18(26)10-14-7-15(21)11-16(22)8-14)19(27)25-17(20(28)29-2)9-13-3-5-23-6-4-13;1-11(17(24)22-6-4-3-5-15(22)18(25)26-2)21-16(23)9-12-7-13(19)10-14(20)8-12;1-10(16(23)21-5-3-4-14(21)17(24)25-2)20-15(22)8-11-6-12(18)9-13(19)7-11/h3-8,11-12,17H,9-10H2,1-2H3,(H,24,26)(H,25,27);7-8,10-11,15H,3-6,9H2,1-2H3,(H,21,23);6-7,9-10,14H,3-5,8H2,1-2H3,(H,20,22)/t12-,17-;11-,15?;10-,14-/m000/s1. The van der Waals surface area contributed by atoms with Crippen LogP contribution in [0, 0.1) is 34.9 Å². The lowest BCUT2D eigenvalue weighted by Gasteiger charge is -2.35. The molecular weight excluding hydrogens is 1060 g/mol. The molecule has 25 heteroatoms. The van der Waals surface area contributed by atoms with Gasteiger partial charge in [0.1, 0.15) is 71.2 Å². The summed E-state index contributed by atoms with van der Waals surface area (Å²) < 4.78 is 93.3. The van der Waals surface area contributed by atoms with Crippen LogP contribution in [0.1, 0.15) is 75.1 Å². The molecule has 1 unspecified atom stereocenters. The first-order valence-corrected chi connectivity index (χ1v) is 25.2. The lowest BCUT2D eigenvalue weighted by Crippen LogP contribution is -2.55. The highest BCUT2D eigenvalue weighted by Crippen LogP contribution is 2.21. The number of carbonyl (C=O) groups is 9. The Bertz CT molecular complexity index is 2790. The SMILES string of the molecule is COC(=O)C1CCCCN1C(=O)[C@H](C)NC(=O)Cc1cc(F)cc(F)c1.COC(=O)[C@@H]1CCCN1C(=O)[C@H](C)NC(=O)Cc1cc(F)cc(F)c1.COC(=O)[C@H](Cc1ccncc1)NC(=O)[C@H](C)NC(=O)Cc1cc(F)cc(F)c1. The fourth-order valence-electron chi connectivity index (χ4n) is 8.63. The smallest absolute Gasteiger partial charge is 0.328 e. The first-order valence-electron chi connectivity index (χ1n) is 25.2. The molecule has 0 bridgehead atoms. The van der Waals surface area contributed by atoms with E-state index in [-0.39, 0.29) is 48.3 Å². The number of hydrogen-bond acceptors (Lipinski definition) is 13. The van der Waals surface area contributed by atoms with E-state index < -0.39 is 119 Å². The van der Waals surface area contributed by atoms with Crippen LogP contribution in [0.2, 0.25) is 0 Å². The van der Waals surface area contributed by atoms with Gasteiger partial charge in [-0.05, 0) is 124 Å². The largest absolute Gasteiger partial charge is 0.467 e. The second kappa shape index (κ2) is 31.3. The minimum Gasteiger partial charge on any atom is -0.467 e. The quantitative estimate of drug-likeness (QED) is 0.0625. The first-order chi connectivity index (χ1) is 37.9. The van der Waals surface area contributed by atoms with Gasteiger partial charge in [0.2, 0.25) is 35.4 Å². The van der Waals surface area contributed by atoms with Gasteiger partial charge in [0.25, 0.3) is 0 Å². The van der Waals surface area contributed by atoms with Crippen LogP contribution in [-0.2, 0) is 83.0 Å². The number of piperidine rings is 1. The molecule has 2 fully saturated rings. The molecule has 2 saturated heterocycles. The van der Waals surface area contributed by atoms with Crippen LogP contribution in [-0.4, -0.2) is 139 Å². The average Bonchev–Trinajstić information content (AvgIpc) is 3.90. The lowest BCUT2D eigenvalue weighted by molar-refractivity contribution is -0.155. The molecule has 80 heavy (non-hydrogen) atoms. The number of nitrogens with zero attached hydrogens (tertiary/aromatic N) is 3. The Labute approximate surface area is 457 Å². The molecule has 2 aliphatic heterocycles. The minimum atomic E-state index is -0.981. The highest BCUT2D eigenvalue weighted by molar-refractivity contribution is 5.93. The molecule has 432 valence electrons. The predicted octanol–water partition coefficient (Wildman–Crippen LogP) is 4.05. The molecule has 19 nitrogen and oxygen atoms in total. The Kier molecular flexibility index (Phi) is 25.1. The molecule has 2 aliphatic rings. The fourth-order valence-corrected chi connectivity index (χ4v) is 8.63. The van der Waals surface area contributed by atoms with Gasteiger partial charge in [-0.3, -0.25) is 33.8 Å². The Morgan fingerprint density at radius 3 is 1.24 bits per heavy atom. The van der Waals surface area contributed by atoms with E-state index in [0.717, 1.165) is 60.9 Å².